The monoisotopic (exact) mass is 448 g/mol. The molecule has 0 unspecified atom stereocenters. The number of carbonyl (C=O) groups excluding carboxylic acids is 2. The lowest BCUT2D eigenvalue weighted by Crippen LogP contribution is -2.40. The molecule has 2 heterocycles. The molecule has 0 spiro atoms. The lowest BCUT2D eigenvalue weighted by molar-refractivity contribution is 0.0303. The van der Waals surface area contributed by atoms with Crippen LogP contribution in [-0.2, 0) is 4.74 Å². The zero-order chi connectivity index (χ0) is 19.2. The van der Waals surface area contributed by atoms with E-state index in [1.165, 1.54) is 6.20 Å². The summed E-state index contributed by atoms with van der Waals surface area (Å²) in [6.07, 6.45) is 3.04. The number of carbonyl (C=O) groups is 2. The van der Waals surface area contributed by atoms with E-state index in [0.717, 1.165) is 0 Å². The van der Waals surface area contributed by atoms with Crippen molar-refractivity contribution in [2.45, 2.75) is 0 Å². The summed E-state index contributed by atoms with van der Waals surface area (Å²) in [4.78, 5) is 30.3. The number of thiocarbonyl (C=S) groups is 1. The fourth-order valence-electron chi connectivity index (χ4n) is 2.52. The van der Waals surface area contributed by atoms with E-state index in [1.807, 2.05) is 0 Å². The Morgan fingerprint density at radius 3 is 2.48 bits per heavy atom. The first kappa shape index (κ1) is 19.4. The van der Waals surface area contributed by atoms with Crippen LogP contribution in [0.1, 0.15) is 20.7 Å². The Kier molecular flexibility index (Phi) is 6.49. The third-order valence-corrected chi connectivity index (χ3v) is 4.52. The summed E-state index contributed by atoms with van der Waals surface area (Å²) < 4.78 is 5.96. The molecule has 2 aromatic rings. The number of ether oxygens (including phenoxy) is 1. The number of hydrogen-bond acceptors (Lipinski definition) is 5. The molecule has 3 rings (SSSR count). The van der Waals surface area contributed by atoms with Crippen molar-refractivity contribution >= 4 is 50.8 Å². The van der Waals surface area contributed by atoms with E-state index in [4.69, 9.17) is 17.0 Å². The number of benzene rings is 1. The van der Waals surface area contributed by atoms with Gasteiger partial charge < -0.3 is 15.0 Å². The molecule has 1 aliphatic rings. The van der Waals surface area contributed by atoms with Gasteiger partial charge in [-0.3, -0.25) is 19.9 Å². The average molecular weight is 449 g/mol. The molecule has 0 bridgehead atoms. The Bertz CT molecular complexity index is 854. The molecule has 0 aliphatic carbocycles. The van der Waals surface area contributed by atoms with Crippen LogP contribution in [-0.4, -0.2) is 53.1 Å². The van der Waals surface area contributed by atoms with Crippen molar-refractivity contribution in [3.63, 3.8) is 0 Å². The summed E-state index contributed by atoms with van der Waals surface area (Å²) in [7, 11) is 0. The molecular formula is C18H17BrN4O3S. The number of nitrogens with zero attached hydrogens (tertiary/aromatic N) is 2. The van der Waals surface area contributed by atoms with Gasteiger partial charge in [0, 0.05) is 41.2 Å². The first-order chi connectivity index (χ1) is 13.0. The molecule has 7 nitrogen and oxygen atoms in total. The van der Waals surface area contributed by atoms with Gasteiger partial charge in [-0.15, -0.1) is 0 Å². The second kappa shape index (κ2) is 9.03. The van der Waals surface area contributed by atoms with Crippen LogP contribution in [0.3, 0.4) is 0 Å². The van der Waals surface area contributed by atoms with E-state index in [2.05, 4.69) is 31.5 Å². The van der Waals surface area contributed by atoms with Crippen LogP contribution in [0, 0.1) is 0 Å². The maximum Gasteiger partial charge on any atom is 0.259 e. The van der Waals surface area contributed by atoms with E-state index >= 15 is 0 Å². The van der Waals surface area contributed by atoms with E-state index < -0.39 is 0 Å². The summed E-state index contributed by atoms with van der Waals surface area (Å²) in [5.41, 5.74) is 1.66. The molecule has 140 valence electrons. The lowest BCUT2D eigenvalue weighted by Gasteiger charge is -2.26. The molecule has 0 radical (unpaired) electrons. The van der Waals surface area contributed by atoms with E-state index in [0.29, 0.717) is 47.6 Å². The van der Waals surface area contributed by atoms with Gasteiger partial charge in [0.05, 0.1) is 18.8 Å². The average Bonchev–Trinajstić information content (AvgIpc) is 2.68. The minimum atomic E-state index is -0.361. The standard InChI is InChI=1S/C18H17BrN4O3S/c19-14-9-13(10-20-11-14)16(24)22-18(27)21-15-3-1-12(2-4-15)17(25)23-5-7-26-8-6-23/h1-4,9-11H,5-8H2,(H2,21,22,24,27). The number of morpholine rings is 1. The van der Waals surface area contributed by atoms with Crippen LogP contribution in [0.25, 0.3) is 0 Å². The van der Waals surface area contributed by atoms with Crippen molar-refractivity contribution in [1.82, 2.24) is 15.2 Å². The highest BCUT2D eigenvalue weighted by atomic mass is 79.9. The number of amides is 2. The number of aromatic nitrogens is 1. The maximum absolute atomic E-state index is 12.4. The predicted octanol–water partition coefficient (Wildman–Crippen LogP) is 2.44. The number of rotatable bonds is 3. The summed E-state index contributed by atoms with van der Waals surface area (Å²) in [6, 6.07) is 8.59. The normalized spacial score (nSPS) is 13.7. The number of halogens is 1. The van der Waals surface area contributed by atoms with E-state index in [-0.39, 0.29) is 16.9 Å². The predicted molar refractivity (Wildman–Crippen MR) is 109 cm³/mol. The molecule has 9 heteroatoms. The molecule has 1 aliphatic heterocycles. The van der Waals surface area contributed by atoms with Gasteiger partial charge >= 0.3 is 0 Å². The Morgan fingerprint density at radius 1 is 1.11 bits per heavy atom. The largest absolute Gasteiger partial charge is 0.378 e. The molecule has 0 atom stereocenters. The zero-order valence-electron chi connectivity index (χ0n) is 14.3. The molecule has 1 saturated heterocycles. The SMILES string of the molecule is O=C(NC(=S)Nc1ccc(C(=O)N2CCOCC2)cc1)c1cncc(Br)c1. The molecule has 1 aromatic heterocycles. The fraction of sp³-hybridized carbons (Fsp3) is 0.222. The second-order valence-corrected chi connectivity index (χ2v) is 7.11. The summed E-state index contributed by atoms with van der Waals surface area (Å²) in [5.74, 6) is -0.386. The molecule has 0 saturated carbocycles. The van der Waals surface area contributed by atoms with Gasteiger partial charge in [0.15, 0.2) is 5.11 Å². The number of hydrogen-bond donors (Lipinski definition) is 2. The quantitative estimate of drug-likeness (QED) is 0.701. The van der Waals surface area contributed by atoms with Gasteiger partial charge in [-0.05, 0) is 58.5 Å². The van der Waals surface area contributed by atoms with Crippen molar-refractivity contribution in [3.8, 4) is 0 Å². The molecular weight excluding hydrogens is 432 g/mol. The van der Waals surface area contributed by atoms with Crippen molar-refractivity contribution in [2.75, 3.05) is 31.6 Å². The molecule has 1 fully saturated rings. The minimum absolute atomic E-state index is 0.0251. The van der Waals surface area contributed by atoms with Crippen LogP contribution in [0.15, 0.2) is 47.2 Å². The van der Waals surface area contributed by atoms with Crippen LogP contribution >= 0.6 is 28.1 Å². The van der Waals surface area contributed by atoms with Gasteiger partial charge in [0.2, 0.25) is 0 Å². The topological polar surface area (TPSA) is 83.6 Å². The highest BCUT2D eigenvalue weighted by Crippen LogP contribution is 2.13. The first-order valence-electron chi connectivity index (χ1n) is 8.23. The second-order valence-electron chi connectivity index (χ2n) is 5.78. The Morgan fingerprint density at radius 2 is 1.81 bits per heavy atom. The molecule has 27 heavy (non-hydrogen) atoms. The van der Waals surface area contributed by atoms with Crippen LogP contribution in [0.5, 0.6) is 0 Å². The third-order valence-electron chi connectivity index (χ3n) is 3.88. The van der Waals surface area contributed by atoms with Gasteiger partial charge in [-0.25, -0.2) is 0 Å². The third kappa shape index (κ3) is 5.31. The first-order valence-corrected chi connectivity index (χ1v) is 9.43. The van der Waals surface area contributed by atoms with E-state index in [9.17, 15) is 9.59 Å². The highest BCUT2D eigenvalue weighted by molar-refractivity contribution is 9.10. The van der Waals surface area contributed by atoms with Crippen molar-refractivity contribution in [2.24, 2.45) is 0 Å². The fourth-order valence-corrected chi connectivity index (χ4v) is 3.09. The highest BCUT2D eigenvalue weighted by Gasteiger charge is 2.18. The lowest BCUT2D eigenvalue weighted by atomic mass is 10.1. The number of pyridine rings is 1. The van der Waals surface area contributed by atoms with Gasteiger partial charge in [-0.2, -0.15) is 0 Å². The van der Waals surface area contributed by atoms with Gasteiger partial charge in [0.25, 0.3) is 11.8 Å². The zero-order valence-corrected chi connectivity index (χ0v) is 16.7. The number of nitrogens with one attached hydrogen (secondary N) is 2. The van der Waals surface area contributed by atoms with Crippen LogP contribution < -0.4 is 10.6 Å². The van der Waals surface area contributed by atoms with E-state index in [1.54, 1.807) is 41.4 Å². The Balaban J connectivity index is 1.56. The van der Waals surface area contributed by atoms with Gasteiger partial charge in [0.1, 0.15) is 0 Å². The summed E-state index contributed by atoms with van der Waals surface area (Å²) in [6.45, 7) is 2.32. The number of anilines is 1. The van der Waals surface area contributed by atoms with Crippen molar-refractivity contribution in [3.05, 3.63) is 58.3 Å². The molecule has 1 aromatic carbocycles. The molecule has 2 amide bonds. The van der Waals surface area contributed by atoms with Gasteiger partial charge in [-0.1, -0.05) is 0 Å². The Hall–Kier alpha value is -2.36. The maximum atomic E-state index is 12.4. The van der Waals surface area contributed by atoms with Crippen molar-refractivity contribution in [1.29, 1.82) is 0 Å². The van der Waals surface area contributed by atoms with Crippen molar-refractivity contribution < 1.29 is 14.3 Å². The Labute approximate surface area is 170 Å². The molecule has 2 N–H and O–H groups in total. The van der Waals surface area contributed by atoms with Crippen LogP contribution in [0.4, 0.5) is 5.69 Å². The minimum Gasteiger partial charge on any atom is -0.378 e. The summed E-state index contributed by atoms with van der Waals surface area (Å²) >= 11 is 8.44. The summed E-state index contributed by atoms with van der Waals surface area (Å²) in [5, 5.41) is 5.68. The smallest absolute Gasteiger partial charge is 0.259 e. The van der Waals surface area contributed by atoms with Crippen LogP contribution in [0.2, 0.25) is 0 Å².